The number of nitriles is 1. The molecule has 1 atom stereocenters. The van der Waals surface area contributed by atoms with Gasteiger partial charge in [0.25, 0.3) is 6.71 Å². The van der Waals surface area contributed by atoms with E-state index < -0.39 is 11.5 Å². The van der Waals surface area contributed by atoms with Crippen LogP contribution in [-0.4, -0.2) is 57.5 Å². The zero-order chi connectivity index (χ0) is 20.8. The van der Waals surface area contributed by atoms with Crippen molar-refractivity contribution in [1.29, 1.82) is 5.26 Å². The number of aliphatic imine (C=N–C) groups is 1. The van der Waals surface area contributed by atoms with E-state index >= 15 is 0 Å². The van der Waals surface area contributed by atoms with E-state index in [-0.39, 0.29) is 18.6 Å². The average Bonchev–Trinajstić information content (AvgIpc) is 3.14. The molecule has 0 aromatic carbocycles. The van der Waals surface area contributed by atoms with Gasteiger partial charge < -0.3 is 9.80 Å². The summed E-state index contributed by atoms with van der Waals surface area (Å²) < 4.78 is 15.9. The highest BCUT2D eigenvalue weighted by Crippen LogP contribution is 2.27. The molecule has 1 fully saturated rings. The van der Waals surface area contributed by atoms with Crippen LogP contribution >= 0.6 is 0 Å². The number of rotatable bonds is 2. The second-order valence-corrected chi connectivity index (χ2v) is 7.87. The molecule has 0 bridgehead atoms. The number of fused-ring (bicyclic) bond motifs is 2. The summed E-state index contributed by atoms with van der Waals surface area (Å²) in [6.07, 6.45) is 6.42. The Morgan fingerprint density at radius 2 is 2.07 bits per heavy atom. The quantitative estimate of drug-likeness (QED) is 0.711. The predicted molar refractivity (Wildman–Crippen MR) is 113 cm³/mol. The van der Waals surface area contributed by atoms with Crippen LogP contribution in [0.25, 0.3) is 11.2 Å². The first-order valence-corrected chi connectivity index (χ1v) is 10.0. The van der Waals surface area contributed by atoms with Crippen molar-refractivity contribution in [2.45, 2.75) is 25.6 Å². The summed E-state index contributed by atoms with van der Waals surface area (Å²) in [5, 5.41) is 9.07. The molecule has 2 aromatic heterocycles. The highest BCUT2D eigenvalue weighted by Gasteiger charge is 2.29. The van der Waals surface area contributed by atoms with Crippen LogP contribution in [-0.2, 0) is 0 Å². The molecule has 0 aliphatic carbocycles. The Hall–Kier alpha value is -3.48. The average molecular weight is 403 g/mol. The standard InChI is InChI=1S/C20H19BFN7O/c1-13-9-28-10-14(8-16(22)19(28)24-13)18-25-17-3-2-15(11-29(17)20(30)26-18)27-6-4-21(12-23)5-7-27/h2-3,8,10-11,13H,4-7,9H2,1H3. The number of amidine groups is 1. The smallest absolute Gasteiger partial charge is 0.355 e. The Bertz CT molecular complexity index is 1220. The molecule has 0 N–H and O–H groups in total. The van der Waals surface area contributed by atoms with Gasteiger partial charge in [-0.15, -0.1) is 0 Å². The summed E-state index contributed by atoms with van der Waals surface area (Å²) in [7, 11) is 0. The maximum atomic E-state index is 14.5. The maximum absolute atomic E-state index is 14.5. The molecule has 1 unspecified atom stereocenters. The molecular formula is C20H19BFN7O. The van der Waals surface area contributed by atoms with E-state index in [1.165, 1.54) is 10.5 Å². The van der Waals surface area contributed by atoms with Crippen LogP contribution in [0, 0.1) is 11.2 Å². The SMILES string of the molecule is CC1CN2C=C(c3nc(=O)n4cc(N5CCB(C#N)CC5)ccc4n3)C=C(F)C2=N1. The van der Waals surface area contributed by atoms with E-state index in [4.69, 9.17) is 5.26 Å². The Morgan fingerprint density at radius 1 is 1.27 bits per heavy atom. The third-order valence-electron chi connectivity index (χ3n) is 5.71. The molecule has 10 heteroatoms. The van der Waals surface area contributed by atoms with Gasteiger partial charge in [0.15, 0.2) is 17.5 Å². The monoisotopic (exact) mass is 403 g/mol. The van der Waals surface area contributed by atoms with E-state index in [1.807, 2.05) is 13.0 Å². The molecule has 2 aromatic rings. The first-order valence-electron chi connectivity index (χ1n) is 10.0. The second kappa shape index (κ2) is 7.09. The molecule has 0 amide bonds. The van der Waals surface area contributed by atoms with Crippen LogP contribution in [0.2, 0.25) is 12.6 Å². The van der Waals surface area contributed by atoms with Crippen molar-refractivity contribution < 1.29 is 4.39 Å². The minimum Gasteiger partial charge on any atom is -0.372 e. The van der Waals surface area contributed by atoms with Crippen molar-refractivity contribution >= 4 is 29.5 Å². The van der Waals surface area contributed by atoms with E-state index in [0.29, 0.717) is 23.6 Å². The van der Waals surface area contributed by atoms with Gasteiger partial charge in [0, 0.05) is 43.6 Å². The Morgan fingerprint density at radius 3 is 2.83 bits per heavy atom. The highest BCUT2D eigenvalue weighted by molar-refractivity contribution is 6.67. The summed E-state index contributed by atoms with van der Waals surface area (Å²) in [6, 6.07) is 3.69. The highest BCUT2D eigenvalue weighted by atomic mass is 19.1. The van der Waals surface area contributed by atoms with Gasteiger partial charge in [0.2, 0.25) is 0 Å². The summed E-state index contributed by atoms with van der Waals surface area (Å²) in [5.74, 6) is 2.38. The first-order chi connectivity index (χ1) is 14.5. The number of hydrogen-bond acceptors (Lipinski definition) is 7. The molecule has 1 saturated heterocycles. The molecule has 150 valence electrons. The van der Waals surface area contributed by atoms with E-state index in [2.05, 4.69) is 25.8 Å². The number of allylic oxidation sites excluding steroid dienone is 2. The van der Waals surface area contributed by atoms with Gasteiger partial charge in [0.1, 0.15) is 5.65 Å². The molecule has 0 saturated carbocycles. The molecule has 8 nitrogen and oxygen atoms in total. The summed E-state index contributed by atoms with van der Waals surface area (Å²) in [5.41, 5.74) is 1.33. The fraction of sp³-hybridized carbons (Fsp3) is 0.350. The Balaban J connectivity index is 1.47. The van der Waals surface area contributed by atoms with Crippen LogP contribution in [0.1, 0.15) is 12.7 Å². The topological polar surface area (TPSA) is 89.9 Å². The van der Waals surface area contributed by atoms with Crippen molar-refractivity contribution in [3.8, 4) is 5.97 Å². The molecule has 5 heterocycles. The molecule has 30 heavy (non-hydrogen) atoms. The van der Waals surface area contributed by atoms with Crippen LogP contribution in [0.4, 0.5) is 10.1 Å². The number of hydrogen-bond donors (Lipinski definition) is 0. The number of halogens is 1. The summed E-state index contributed by atoms with van der Waals surface area (Å²) in [6.45, 7) is 4.14. The van der Waals surface area contributed by atoms with Crippen molar-refractivity contribution in [2.24, 2.45) is 4.99 Å². The third-order valence-corrected chi connectivity index (χ3v) is 5.71. The molecule has 3 aliphatic rings. The van der Waals surface area contributed by atoms with Crippen molar-refractivity contribution in [2.75, 3.05) is 24.5 Å². The maximum Gasteiger partial charge on any atom is 0.355 e. The molecule has 0 spiro atoms. The lowest BCUT2D eigenvalue weighted by Gasteiger charge is -2.30. The largest absolute Gasteiger partial charge is 0.372 e. The van der Waals surface area contributed by atoms with E-state index in [0.717, 1.165) is 31.4 Å². The van der Waals surface area contributed by atoms with Gasteiger partial charge in [0.05, 0.1) is 11.7 Å². The van der Waals surface area contributed by atoms with Crippen molar-refractivity contribution in [1.82, 2.24) is 19.3 Å². The van der Waals surface area contributed by atoms with Crippen molar-refractivity contribution in [3.63, 3.8) is 0 Å². The van der Waals surface area contributed by atoms with Crippen LogP contribution in [0.15, 0.2) is 46.2 Å². The van der Waals surface area contributed by atoms with Crippen LogP contribution < -0.4 is 10.6 Å². The van der Waals surface area contributed by atoms with Gasteiger partial charge in [-0.1, -0.05) is 0 Å². The van der Waals surface area contributed by atoms with Crippen LogP contribution in [0.5, 0.6) is 0 Å². The van der Waals surface area contributed by atoms with E-state index in [1.54, 1.807) is 23.4 Å². The van der Waals surface area contributed by atoms with Gasteiger partial charge in [-0.3, -0.25) is 4.99 Å². The normalized spacial score (nSPS) is 21.2. The number of nitrogens with zero attached hydrogens (tertiary/aromatic N) is 7. The summed E-state index contributed by atoms with van der Waals surface area (Å²) in [4.78, 5) is 29.4. The van der Waals surface area contributed by atoms with Crippen molar-refractivity contribution in [3.05, 3.63) is 52.7 Å². The molecule has 3 aliphatic heterocycles. The molecular weight excluding hydrogens is 384 g/mol. The molecule has 5 rings (SSSR count). The minimum atomic E-state index is -0.465. The lowest BCUT2D eigenvalue weighted by Crippen LogP contribution is -2.36. The second-order valence-electron chi connectivity index (χ2n) is 7.87. The fourth-order valence-corrected chi connectivity index (χ4v) is 4.12. The fourth-order valence-electron chi connectivity index (χ4n) is 4.12. The minimum absolute atomic E-state index is 0.00884. The Labute approximate surface area is 172 Å². The third kappa shape index (κ3) is 3.16. The van der Waals surface area contributed by atoms with E-state index in [9.17, 15) is 9.18 Å². The zero-order valence-corrected chi connectivity index (χ0v) is 16.5. The van der Waals surface area contributed by atoms with Crippen LogP contribution in [0.3, 0.4) is 0 Å². The zero-order valence-electron chi connectivity index (χ0n) is 16.5. The number of pyridine rings is 1. The lowest BCUT2D eigenvalue weighted by atomic mass is 9.45. The summed E-state index contributed by atoms with van der Waals surface area (Å²) >= 11 is 0. The first kappa shape index (κ1) is 18.5. The Kier molecular flexibility index (Phi) is 4.38. The van der Waals surface area contributed by atoms with Gasteiger partial charge in [-0.2, -0.15) is 4.98 Å². The lowest BCUT2D eigenvalue weighted by molar-refractivity contribution is 0.540. The predicted octanol–water partition coefficient (Wildman–Crippen LogP) is 1.78. The van der Waals surface area contributed by atoms with Gasteiger partial charge in [-0.25, -0.2) is 23.8 Å². The number of aromatic nitrogens is 3. The van der Waals surface area contributed by atoms with Gasteiger partial charge >= 0.3 is 5.69 Å². The molecule has 0 radical (unpaired) electrons. The van der Waals surface area contributed by atoms with Gasteiger partial charge in [-0.05, 0) is 37.8 Å². The number of anilines is 1.